The van der Waals surface area contributed by atoms with Crippen molar-refractivity contribution in [2.24, 2.45) is 0 Å². The van der Waals surface area contributed by atoms with Gasteiger partial charge >= 0.3 is 0 Å². The first-order valence-corrected chi connectivity index (χ1v) is 9.97. The molecule has 1 fully saturated rings. The molecule has 6 nitrogen and oxygen atoms in total. The molecule has 2 N–H and O–H groups in total. The Bertz CT molecular complexity index is 847. The van der Waals surface area contributed by atoms with Crippen LogP contribution in [0.5, 0.6) is 11.5 Å². The van der Waals surface area contributed by atoms with E-state index in [2.05, 4.69) is 5.32 Å². The number of carbonyl (C=O) groups is 1. The van der Waals surface area contributed by atoms with Gasteiger partial charge in [-0.15, -0.1) is 0 Å². The Balaban J connectivity index is 1.80. The van der Waals surface area contributed by atoms with Crippen LogP contribution in [0, 0.1) is 0 Å². The number of carbonyl (C=O) groups excluding carboxylic acids is 1. The Morgan fingerprint density at radius 3 is 2.52 bits per heavy atom. The third-order valence-corrected chi connectivity index (χ3v) is 5.57. The summed E-state index contributed by atoms with van der Waals surface area (Å²) in [6.45, 7) is 2.03. The van der Waals surface area contributed by atoms with Crippen molar-refractivity contribution in [3.8, 4) is 11.5 Å². The normalized spacial score (nSPS) is 23.8. The van der Waals surface area contributed by atoms with Crippen molar-refractivity contribution >= 4 is 17.5 Å². The van der Waals surface area contributed by atoms with Gasteiger partial charge in [0.1, 0.15) is 23.7 Å². The number of rotatable bonds is 7. The second-order valence-electron chi connectivity index (χ2n) is 7.34. The largest absolute Gasteiger partial charge is 0.496 e. The molecule has 3 rings (SSSR count). The molecule has 1 amide bonds. The van der Waals surface area contributed by atoms with Crippen molar-refractivity contribution in [2.75, 3.05) is 14.2 Å². The van der Waals surface area contributed by atoms with Crippen molar-refractivity contribution in [1.29, 1.82) is 0 Å². The lowest BCUT2D eigenvalue weighted by molar-refractivity contribution is -0.120. The highest BCUT2D eigenvalue weighted by Gasteiger charge is 2.46. The van der Waals surface area contributed by atoms with Crippen molar-refractivity contribution in [3.05, 3.63) is 59.1 Å². The van der Waals surface area contributed by atoms with Crippen LogP contribution in [0.15, 0.2) is 48.5 Å². The van der Waals surface area contributed by atoms with E-state index in [-0.39, 0.29) is 18.0 Å². The minimum atomic E-state index is -0.803. The number of likely N-dealkylation sites (N-methyl/N-ethyl adjacent to an activating group) is 1. The summed E-state index contributed by atoms with van der Waals surface area (Å²) in [7, 11) is 3.56. The lowest BCUT2D eigenvalue weighted by Crippen LogP contribution is -2.51. The number of aliphatic hydroxyl groups is 1. The van der Waals surface area contributed by atoms with E-state index in [1.54, 1.807) is 19.2 Å². The van der Waals surface area contributed by atoms with Crippen molar-refractivity contribution in [2.45, 2.75) is 44.2 Å². The Hall–Kier alpha value is -2.28. The average Bonchev–Trinajstić information content (AvgIpc) is 2.98. The molecule has 0 aliphatic heterocycles. The lowest BCUT2D eigenvalue weighted by Gasteiger charge is -2.32. The summed E-state index contributed by atoms with van der Waals surface area (Å²) in [5, 5.41) is 14.5. The van der Waals surface area contributed by atoms with E-state index in [1.165, 1.54) is 6.92 Å². The van der Waals surface area contributed by atoms with Crippen molar-refractivity contribution in [1.82, 2.24) is 10.2 Å². The molecule has 2 aromatic rings. The Morgan fingerprint density at radius 2 is 1.86 bits per heavy atom. The maximum Gasteiger partial charge on any atom is 0.217 e. The van der Waals surface area contributed by atoms with Gasteiger partial charge in [-0.3, -0.25) is 9.69 Å². The van der Waals surface area contributed by atoms with Crippen LogP contribution in [-0.2, 0) is 11.3 Å². The molecule has 0 heterocycles. The van der Waals surface area contributed by atoms with E-state index in [0.717, 1.165) is 11.3 Å². The smallest absolute Gasteiger partial charge is 0.217 e. The summed E-state index contributed by atoms with van der Waals surface area (Å²) in [6.07, 6.45) is -0.813. The summed E-state index contributed by atoms with van der Waals surface area (Å²) in [6, 6.07) is 14.4. The maximum atomic E-state index is 11.8. The number of nitrogens with zero attached hydrogens (tertiary/aromatic N) is 1. The summed E-state index contributed by atoms with van der Waals surface area (Å²) in [5.41, 5.74) is 1.00. The van der Waals surface area contributed by atoms with Crippen LogP contribution in [0.3, 0.4) is 0 Å². The molecule has 29 heavy (non-hydrogen) atoms. The number of amides is 1. The van der Waals surface area contributed by atoms with Gasteiger partial charge in [0.2, 0.25) is 5.91 Å². The second kappa shape index (κ2) is 9.48. The number of methoxy groups -OCH3 is 1. The van der Waals surface area contributed by atoms with E-state index in [4.69, 9.17) is 21.1 Å². The van der Waals surface area contributed by atoms with Gasteiger partial charge in [0.05, 0.1) is 24.2 Å². The molecular weight excluding hydrogens is 392 g/mol. The first kappa shape index (κ1) is 21.4. The molecule has 0 spiro atoms. The number of hydrogen-bond acceptors (Lipinski definition) is 5. The Morgan fingerprint density at radius 1 is 1.21 bits per heavy atom. The Labute approximate surface area is 176 Å². The van der Waals surface area contributed by atoms with Crippen LogP contribution in [0.1, 0.15) is 18.9 Å². The van der Waals surface area contributed by atoms with Crippen LogP contribution >= 0.6 is 11.6 Å². The molecule has 0 bridgehead atoms. The minimum absolute atomic E-state index is 0.142. The van der Waals surface area contributed by atoms with Gasteiger partial charge in [0.25, 0.3) is 0 Å². The van der Waals surface area contributed by atoms with E-state index < -0.39 is 12.2 Å². The zero-order valence-corrected chi connectivity index (χ0v) is 17.6. The highest BCUT2D eigenvalue weighted by Crippen LogP contribution is 2.33. The van der Waals surface area contributed by atoms with E-state index in [0.29, 0.717) is 23.7 Å². The quantitative estimate of drug-likeness (QED) is 0.723. The van der Waals surface area contributed by atoms with Gasteiger partial charge in [0.15, 0.2) is 0 Å². The van der Waals surface area contributed by atoms with Crippen molar-refractivity contribution in [3.63, 3.8) is 0 Å². The van der Waals surface area contributed by atoms with E-state index in [9.17, 15) is 9.90 Å². The topological polar surface area (TPSA) is 71.0 Å². The SMILES string of the molecule is COc1ccccc1CN(C)[C@@H]1[C@@H](O)[C@H](Oc2ccccc2Cl)C[C@H]1NC(C)=O. The molecule has 7 heteroatoms. The van der Waals surface area contributed by atoms with Crippen LogP contribution < -0.4 is 14.8 Å². The standard InChI is InChI=1S/C22H27ClN2O4/c1-14(26)24-17-12-20(29-19-11-7-5-9-16(19)23)22(27)21(17)25(2)13-15-8-4-6-10-18(15)28-3/h4-11,17,20-22,27H,12-13H2,1-3H3,(H,24,26)/t17-,20-,21+,22+/m1/s1. The van der Waals surface area contributed by atoms with Gasteiger partial charge in [-0.1, -0.05) is 41.9 Å². The number of halogens is 1. The van der Waals surface area contributed by atoms with Crippen LogP contribution in [-0.4, -0.2) is 54.4 Å². The third-order valence-electron chi connectivity index (χ3n) is 5.25. The number of aliphatic hydroxyl groups excluding tert-OH is 1. The Kier molecular flexibility index (Phi) is 7.00. The molecule has 1 aliphatic carbocycles. The molecular formula is C22H27ClN2O4. The minimum Gasteiger partial charge on any atom is -0.496 e. The summed E-state index contributed by atoms with van der Waals surface area (Å²) in [4.78, 5) is 13.8. The van der Waals surface area contributed by atoms with Gasteiger partial charge in [0, 0.05) is 25.5 Å². The molecule has 1 saturated carbocycles. The third kappa shape index (κ3) is 5.01. The molecule has 0 unspecified atom stereocenters. The molecule has 0 saturated heterocycles. The zero-order chi connectivity index (χ0) is 21.0. The molecule has 0 radical (unpaired) electrons. The fourth-order valence-corrected chi connectivity index (χ4v) is 4.17. The molecule has 1 aliphatic rings. The van der Waals surface area contributed by atoms with E-state index in [1.807, 2.05) is 48.3 Å². The number of nitrogens with one attached hydrogen (secondary N) is 1. The monoisotopic (exact) mass is 418 g/mol. The number of ether oxygens (including phenoxy) is 2. The zero-order valence-electron chi connectivity index (χ0n) is 16.8. The number of benzene rings is 2. The first-order valence-electron chi connectivity index (χ1n) is 9.59. The highest BCUT2D eigenvalue weighted by atomic mass is 35.5. The molecule has 4 atom stereocenters. The molecule has 156 valence electrons. The van der Waals surface area contributed by atoms with Crippen LogP contribution in [0.2, 0.25) is 5.02 Å². The van der Waals surface area contributed by atoms with Gasteiger partial charge in [-0.2, -0.15) is 0 Å². The summed E-state index contributed by atoms with van der Waals surface area (Å²) < 4.78 is 11.5. The van der Waals surface area contributed by atoms with Crippen LogP contribution in [0.25, 0.3) is 0 Å². The molecule has 0 aromatic heterocycles. The predicted molar refractivity (Wildman–Crippen MR) is 112 cm³/mol. The average molecular weight is 419 g/mol. The lowest BCUT2D eigenvalue weighted by atomic mass is 10.1. The van der Waals surface area contributed by atoms with Crippen molar-refractivity contribution < 1.29 is 19.4 Å². The molecule has 2 aromatic carbocycles. The highest BCUT2D eigenvalue weighted by molar-refractivity contribution is 6.32. The maximum absolute atomic E-state index is 11.8. The number of hydrogen-bond donors (Lipinski definition) is 2. The number of para-hydroxylation sites is 2. The fraction of sp³-hybridized carbons (Fsp3) is 0.409. The van der Waals surface area contributed by atoms with Gasteiger partial charge in [-0.05, 0) is 25.2 Å². The second-order valence-corrected chi connectivity index (χ2v) is 7.74. The summed E-state index contributed by atoms with van der Waals surface area (Å²) >= 11 is 6.21. The van der Waals surface area contributed by atoms with Gasteiger partial charge in [-0.25, -0.2) is 0 Å². The van der Waals surface area contributed by atoms with Gasteiger partial charge < -0.3 is 19.9 Å². The van der Waals surface area contributed by atoms with E-state index >= 15 is 0 Å². The first-order chi connectivity index (χ1) is 13.9. The van der Waals surface area contributed by atoms with Crippen LogP contribution in [0.4, 0.5) is 0 Å². The predicted octanol–water partition coefficient (Wildman–Crippen LogP) is 2.87. The fourth-order valence-electron chi connectivity index (χ4n) is 3.99. The summed E-state index contributed by atoms with van der Waals surface area (Å²) in [5.74, 6) is 1.16.